The van der Waals surface area contributed by atoms with E-state index in [1.54, 1.807) is 12.1 Å². The maximum Gasteiger partial charge on any atom is 0.303 e. The number of hydrogen-bond donors (Lipinski definition) is 2. The summed E-state index contributed by atoms with van der Waals surface area (Å²) >= 11 is 0. The molecule has 2 aromatic rings. The van der Waals surface area contributed by atoms with Crippen LogP contribution in [0.1, 0.15) is 136 Å². The number of aliphatic carboxylic acids is 2. The SMILES string of the molecule is CC(CCCC(C)(C)c1ccc2c(c1)C(=O)c1ccc(C(C)(C)CCCC(C)CC(=O)O)cc1C2=O)CC(=O)O. The van der Waals surface area contributed by atoms with Crippen LogP contribution in [0.5, 0.6) is 0 Å². The van der Waals surface area contributed by atoms with Crippen molar-refractivity contribution in [3.8, 4) is 0 Å². The molecule has 6 nitrogen and oxygen atoms in total. The summed E-state index contributed by atoms with van der Waals surface area (Å²) in [5, 5.41) is 18.0. The molecule has 3 rings (SSSR count). The Balaban J connectivity index is 1.76. The van der Waals surface area contributed by atoms with E-state index in [0.717, 1.165) is 49.7 Å². The molecule has 216 valence electrons. The number of carbonyl (C=O) groups is 4. The summed E-state index contributed by atoms with van der Waals surface area (Å²) < 4.78 is 0. The Kier molecular flexibility index (Phi) is 9.76. The van der Waals surface area contributed by atoms with E-state index in [1.807, 2.05) is 38.1 Å². The van der Waals surface area contributed by atoms with Gasteiger partial charge in [-0.25, -0.2) is 0 Å². The quantitative estimate of drug-likeness (QED) is 0.215. The predicted molar refractivity (Wildman–Crippen MR) is 156 cm³/mol. The smallest absolute Gasteiger partial charge is 0.303 e. The van der Waals surface area contributed by atoms with Crippen molar-refractivity contribution in [2.24, 2.45) is 11.8 Å². The first-order chi connectivity index (χ1) is 18.6. The molecular formula is C34H44O6. The van der Waals surface area contributed by atoms with Crippen molar-refractivity contribution in [2.75, 3.05) is 0 Å². The normalized spacial score (nSPS) is 14.8. The Morgan fingerprint density at radius 1 is 0.650 bits per heavy atom. The molecule has 0 saturated carbocycles. The van der Waals surface area contributed by atoms with E-state index >= 15 is 0 Å². The highest BCUT2D eigenvalue weighted by Gasteiger charge is 2.33. The molecular weight excluding hydrogens is 504 g/mol. The van der Waals surface area contributed by atoms with Crippen LogP contribution in [0.15, 0.2) is 36.4 Å². The van der Waals surface area contributed by atoms with Crippen LogP contribution in [0.3, 0.4) is 0 Å². The van der Waals surface area contributed by atoms with Crippen molar-refractivity contribution in [3.05, 3.63) is 69.8 Å². The number of fused-ring (bicyclic) bond motifs is 2. The lowest BCUT2D eigenvalue weighted by Gasteiger charge is -2.29. The molecule has 2 atom stereocenters. The zero-order valence-electron chi connectivity index (χ0n) is 24.8. The number of ketones is 2. The van der Waals surface area contributed by atoms with E-state index in [4.69, 9.17) is 10.2 Å². The largest absolute Gasteiger partial charge is 0.481 e. The first-order valence-electron chi connectivity index (χ1n) is 14.4. The number of carbonyl (C=O) groups excluding carboxylic acids is 2. The number of hydrogen-bond acceptors (Lipinski definition) is 4. The van der Waals surface area contributed by atoms with Gasteiger partial charge in [-0.1, -0.05) is 79.4 Å². The summed E-state index contributed by atoms with van der Waals surface area (Å²) in [6.07, 6.45) is 5.44. The Hall–Kier alpha value is -3.28. The molecule has 2 aromatic carbocycles. The van der Waals surface area contributed by atoms with Crippen LogP contribution < -0.4 is 0 Å². The molecule has 0 radical (unpaired) electrons. The lowest BCUT2D eigenvalue weighted by molar-refractivity contribution is -0.139. The summed E-state index contributed by atoms with van der Waals surface area (Å²) in [5.74, 6) is -1.59. The first kappa shape index (κ1) is 31.3. The molecule has 0 aliphatic heterocycles. The van der Waals surface area contributed by atoms with Crippen LogP contribution in [0, 0.1) is 11.8 Å². The van der Waals surface area contributed by atoms with Gasteiger partial charge in [0.2, 0.25) is 0 Å². The maximum absolute atomic E-state index is 13.6. The van der Waals surface area contributed by atoms with Crippen LogP contribution in [-0.2, 0) is 20.4 Å². The molecule has 1 aliphatic carbocycles. The summed E-state index contributed by atoms with van der Waals surface area (Å²) in [6.45, 7) is 12.4. The van der Waals surface area contributed by atoms with Crippen molar-refractivity contribution in [3.63, 3.8) is 0 Å². The zero-order valence-corrected chi connectivity index (χ0v) is 24.8. The summed E-state index contributed by atoms with van der Waals surface area (Å²) in [5.41, 5.74) is 3.31. The molecule has 0 aromatic heterocycles. The Morgan fingerprint density at radius 3 is 1.32 bits per heavy atom. The summed E-state index contributed by atoms with van der Waals surface area (Å²) in [4.78, 5) is 49.1. The highest BCUT2D eigenvalue weighted by Crippen LogP contribution is 2.37. The number of benzene rings is 2. The van der Waals surface area contributed by atoms with Crippen LogP contribution >= 0.6 is 0 Å². The average Bonchev–Trinajstić information content (AvgIpc) is 2.85. The van der Waals surface area contributed by atoms with Gasteiger partial charge in [0, 0.05) is 35.1 Å². The average molecular weight is 549 g/mol. The van der Waals surface area contributed by atoms with Gasteiger partial charge in [0.1, 0.15) is 0 Å². The van der Waals surface area contributed by atoms with Gasteiger partial charge in [0.25, 0.3) is 0 Å². The molecule has 0 fully saturated rings. The summed E-state index contributed by atoms with van der Waals surface area (Å²) in [7, 11) is 0. The van der Waals surface area contributed by atoms with Gasteiger partial charge in [0.15, 0.2) is 11.6 Å². The third-order valence-corrected chi connectivity index (χ3v) is 8.62. The molecule has 6 heteroatoms. The van der Waals surface area contributed by atoms with Crippen LogP contribution in [0.25, 0.3) is 0 Å². The zero-order chi connectivity index (χ0) is 29.8. The minimum Gasteiger partial charge on any atom is -0.481 e. The van der Waals surface area contributed by atoms with E-state index in [-0.39, 0.29) is 47.1 Å². The Morgan fingerprint density at radius 2 is 1.00 bits per heavy atom. The standard InChI is InChI=1S/C34H44O6/c1-21(17-29(35)36)9-7-15-33(3,4)23-11-13-25-27(19-23)31(39)26-14-12-24(20-28(26)32(25)40)34(5,6)16-8-10-22(2)18-30(37)38/h11-14,19-22H,7-10,15-18H2,1-6H3,(H,35,36)(H,37,38). The number of carboxylic acid groups (broad SMARTS) is 2. The highest BCUT2D eigenvalue weighted by atomic mass is 16.4. The van der Waals surface area contributed by atoms with Crippen LogP contribution in [-0.4, -0.2) is 33.7 Å². The molecule has 2 unspecified atom stereocenters. The van der Waals surface area contributed by atoms with Gasteiger partial charge in [-0.2, -0.15) is 0 Å². The fourth-order valence-electron chi connectivity index (χ4n) is 5.87. The maximum atomic E-state index is 13.6. The third-order valence-electron chi connectivity index (χ3n) is 8.62. The van der Waals surface area contributed by atoms with Crippen LogP contribution in [0.4, 0.5) is 0 Å². The minimum absolute atomic E-state index is 0.114. The molecule has 0 spiro atoms. The molecule has 1 aliphatic rings. The van der Waals surface area contributed by atoms with Crippen molar-refractivity contribution in [1.82, 2.24) is 0 Å². The first-order valence-corrected chi connectivity index (χ1v) is 14.4. The molecule has 0 heterocycles. The van der Waals surface area contributed by atoms with Gasteiger partial charge in [-0.05, 0) is 70.9 Å². The molecule has 40 heavy (non-hydrogen) atoms. The van der Waals surface area contributed by atoms with E-state index < -0.39 is 11.9 Å². The molecule has 0 bridgehead atoms. The third kappa shape index (κ3) is 7.47. The molecule has 0 saturated heterocycles. The van der Waals surface area contributed by atoms with Gasteiger partial charge in [-0.15, -0.1) is 0 Å². The van der Waals surface area contributed by atoms with Gasteiger partial charge >= 0.3 is 11.9 Å². The van der Waals surface area contributed by atoms with E-state index in [9.17, 15) is 19.2 Å². The Bertz CT molecular complexity index is 1190. The van der Waals surface area contributed by atoms with Crippen molar-refractivity contribution in [1.29, 1.82) is 0 Å². The molecule has 0 amide bonds. The van der Waals surface area contributed by atoms with Crippen molar-refractivity contribution in [2.45, 2.75) is 104 Å². The van der Waals surface area contributed by atoms with Crippen LogP contribution in [0.2, 0.25) is 0 Å². The fourth-order valence-corrected chi connectivity index (χ4v) is 5.87. The number of carboxylic acids is 2. The minimum atomic E-state index is -0.775. The monoisotopic (exact) mass is 548 g/mol. The second-order valence-corrected chi connectivity index (χ2v) is 13.1. The second kappa shape index (κ2) is 12.5. The predicted octanol–water partition coefficient (Wildman–Crippen LogP) is 7.58. The van der Waals surface area contributed by atoms with Crippen molar-refractivity contribution >= 4 is 23.5 Å². The van der Waals surface area contributed by atoms with Gasteiger partial charge < -0.3 is 10.2 Å². The van der Waals surface area contributed by atoms with E-state index in [2.05, 4.69) is 27.7 Å². The number of rotatable bonds is 14. The fraction of sp³-hybridized carbons (Fsp3) is 0.529. The lowest BCUT2D eigenvalue weighted by Crippen LogP contribution is -2.25. The lowest BCUT2D eigenvalue weighted by atomic mass is 9.74. The second-order valence-electron chi connectivity index (χ2n) is 13.1. The Labute approximate surface area is 238 Å². The summed E-state index contributed by atoms with van der Waals surface area (Å²) in [6, 6.07) is 11.2. The van der Waals surface area contributed by atoms with E-state index in [0.29, 0.717) is 22.3 Å². The molecule has 2 N–H and O–H groups in total. The van der Waals surface area contributed by atoms with Gasteiger partial charge in [-0.3, -0.25) is 19.2 Å². The van der Waals surface area contributed by atoms with Gasteiger partial charge in [0.05, 0.1) is 0 Å². The topological polar surface area (TPSA) is 109 Å². The highest BCUT2D eigenvalue weighted by molar-refractivity contribution is 6.28. The van der Waals surface area contributed by atoms with E-state index in [1.165, 1.54) is 0 Å². The van der Waals surface area contributed by atoms with Crippen molar-refractivity contribution < 1.29 is 29.4 Å².